The highest BCUT2D eigenvalue weighted by Gasteiger charge is 2.53. The fraction of sp³-hybridized carbons (Fsp3) is 0.545. The molecular formula is C33H45ClN2O8. The second-order valence-electron chi connectivity index (χ2n) is 10.7. The van der Waals surface area contributed by atoms with Crippen molar-refractivity contribution in [3.63, 3.8) is 0 Å². The van der Waals surface area contributed by atoms with Gasteiger partial charge in [-0.2, -0.15) is 0 Å². The van der Waals surface area contributed by atoms with Crippen molar-refractivity contribution < 1.29 is 38.1 Å². The standard InChI is InChI=1S/C33H45ClN2O8/c1-8-41-25-19-33(20-25,31(38)40-7)35-32(39)36(16-17-44-23(6)24-14-12-11-13-15-24)21(4)26-18-27(42-9-2)28(22(5)37)30(29(26)34)43-10-3/h11-15,18,21,23,25H,8-10,16-17,19-20H2,1-7H3,(H,35,39)/t21-,23+,25-,33-/m1/s1. The van der Waals surface area contributed by atoms with E-state index in [1.54, 1.807) is 17.9 Å². The van der Waals surface area contributed by atoms with Crippen molar-refractivity contribution in [3.05, 3.63) is 58.1 Å². The number of amides is 2. The molecule has 1 fully saturated rings. The minimum Gasteiger partial charge on any atom is -0.493 e. The quantitative estimate of drug-likeness (QED) is 0.169. The molecule has 2 aromatic carbocycles. The average Bonchev–Trinajstić information content (AvgIpc) is 2.99. The van der Waals surface area contributed by atoms with E-state index < -0.39 is 23.6 Å². The molecule has 242 valence electrons. The lowest BCUT2D eigenvalue weighted by molar-refractivity contribution is -0.160. The molecular weight excluding hydrogens is 588 g/mol. The zero-order chi connectivity index (χ0) is 32.4. The summed E-state index contributed by atoms with van der Waals surface area (Å²) in [5.74, 6) is -0.281. The van der Waals surface area contributed by atoms with Gasteiger partial charge < -0.3 is 33.9 Å². The highest BCUT2D eigenvalue weighted by atomic mass is 35.5. The van der Waals surface area contributed by atoms with Crippen molar-refractivity contribution in [2.75, 3.05) is 40.1 Å². The predicted molar refractivity (Wildman–Crippen MR) is 168 cm³/mol. The topological polar surface area (TPSA) is 113 Å². The van der Waals surface area contributed by atoms with Crippen molar-refractivity contribution in [2.45, 2.75) is 78.2 Å². The molecule has 0 unspecified atom stereocenters. The summed E-state index contributed by atoms with van der Waals surface area (Å²) in [6.07, 6.45) is 0.195. The highest BCUT2D eigenvalue weighted by molar-refractivity contribution is 6.33. The molecule has 10 nitrogen and oxygen atoms in total. The van der Waals surface area contributed by atoms with Crippen LogP contribution in [-0.2, 0) is 19.0 Å². The Morgan fingerprint density at radius 2 is 1.70 bits per heavy atom. The number of ketones is 1. The van der Waals surface area contributed by atoms with E-state index in [9.17, 15) is 14.4 Å². The molecule has 0 radical (unpaired) electrons. The number of hydrogen-bond acceptors (Lipinski definition) is 8. The molecule has 2 amide bonds. The van der Waals surface area contributed by atoms with Crippen molar-refractivity contribution in [1.82, 2.24) is 10.2 Å². The first kappa shape index (κ1) is 35.1. The van der Waals surface area contributed by atoms with Crippen LogP contribution in [0.4, 0.5) is 4.79 Å². The first-order chi connectivity index (χ1) is 21.0. The highest BCUT2D eigenvalue weighted by Crippen LogP contribution is 2.43. The molecule has 0 heterocycles. The maximum absolute atomic E-state index is 14.1. The van der Waals surface area contributed by atoms with Gasteiger partial charge in [0.2, 0.25) is 0 Å². The summed E-state index contributed by atoms with van der Waals surface area (Å²) in [5, 5.41) is 3.14. The summed E-state index contributed by atoms with van der Waals surface area (Å²) in [6.45, 7) is 12.1. The van der Waals surface area contributed by atoms with E-state index in [1.165, 1.54) is 14.0 Å². The molecule has 1 aliphatic rings. The lowest BCUT2D eigenvalue weighted by Crippen LogP contribution is -2.67. The number of nitrogens with zero attached hydrogens (tertiary/aromatic N) is 1. The first-order valence-corrected chi connectivity index (χ1v) is 15.5. The average molecular weight is 633 g/mol. The summed E-state index contributed by atoms with van der Waals surface area (Å²) in [7, 11) is 1.30. The van der Waals surface area contributed by atoms with Gasteiger partial charge in [0.05, 0.1) is 50.2 Å². The normalized spacial score (nSPS) is 18.9. The largest absolute Gasteiger partial charge is 0.493 e. The minimum atomic E-state index is -1.23. The first-order valence-electron chi connectivity index (χ1n) is 15.1. The molecule has 0 saturated heterocycles. The van der Waals surface area contributed by atoms with Crippen LogP contribution in [0.1, 0.15) is 88.0 Å². The summed E-state index contributed by atoms with van der Waals surface area (Å²) in [4.78, 5) is 41.1. The molecule has 0 aliphatic heterocycles. The number of Topliss-reactive ketones (excluding diaryl/α,β-unsaturated/α-hetero) is 1. The second-order valence-corrected chi connectivity index (χ2v) is 11.1. The molecule has 0 aromatic heterocycles. The molecule has 1 N–H and O–H groups in total. The molecule has 11 heteroatoms. The number of halogens is 1. The maximum atomic E-state index is 14.1. The van der Waals surface area contributed by atoms with E-state index >= 15 is 0 Å². The molecule has 44 heavy (non-hydrogen) atoms. The third kappa shape index (κ3) is 8.02. The van der Waals surface area contributed by atoms with Gasteiger partial charge in [-0.3, -0.25) is 4.79 Å². The fourth-order valence-corrected chi connectivity index (χ4v) is 5.83. The van der Waals surface area contributed by atoms with Crippen LogP contribution < -0.4 is 14.8 Å². The number of urea groups is 1. The zero-order valence-corrected chi connectivity index (χ0v) is 27.5. The Hall–Kier alpha value is -3.34. The SMILES string of the molecule is CCOc1cc([C@@H](C)N(CCO[C@@H](C)c2ccccc2)C(=O)N[C@]2(C(=O)OC)C[C@@H](OCC)C2)c(Cl)c(OCC)c1C(C)=O. The predicted octanol–water partition coefficient (Wildman–Crippen LogP) is 6.30. The Labute approximate surface area is 265 Å². The molecule has 1 aliphatic carbocycles. The monoisotopic (exact) mass is 632 g/mol. The number of methoxy groups -OCH3 is 1. The van der Waals surface area contributed by atoms with Gasteiger partial charge in [0, 0.05) is 31.6 Å². The van der Waals surface area contributed by atoms with E-state index in [1.807, 2.05) is 58.0 Å². The van der Waals surface area contributed by atoms with Crippen LogP contribution >= 0.6 is 11.6 Å². The molecule has 2 atom stereocenters. The second kappa shape index (κ2) is 16.1. The van der Waals surface area contributed by atoms with Gasteiger partial charge in [0.25, 0.3) is 0 Å². The smallest absolute Gasteiger partial charge is 0.331 e. The zero-order valence-electron chi connectivity index (χ0n) is 26.7. The number of nitrogens with one attached hydrogen (secondary N) is 1. The lowest BCUT2D eigenvalue weighted by Gasteiger charge is -2.46. The van der Waals surface area contributed by atoms with E-state index in [4.69, 9.17) is 35.3 Å². The van der Waals surface area contributed by atoms with Crippen LogP contribution in [0.15, 0.2) is 36.4 Å². The number of hydrogen-bond donors (Lipinski definition) is 1. The number of rotatable bonds is 16. The molecule has 0 bridgehead atoms. The lowest BCUT2D eigenvalue weighted by atomic mass is 9.74. The fourth-order valence-electron chi connectivity index (χ4n) is 5.47. The number of ether oxygens (including phenoxy) is 5. The Bertz CT molecular complexity index is 1280. The molecule has 0 spiro atoms. The third-order valence-corrected chi connectivity index (χ3v) is 8.17. The van der Waals surface area contributed by atoms with Gasteiger partial charge in [-0.05, 0) is 53.2 Å². The maximum Gasteiger partial charge on any atom is 0.331 e. The van der Waals surface area contributed by atoms with E-state index in [2.05, 4.69) is 5.32 Å². The van der Waals surface area contributed by atoms with Crippen LogP contribution in [0.3, 0.4) is 0 Å². The van der Waals surface area contributed by atoms with Crippen LogP contribution in [0, 0.1) is 0 Å². The molecule has 3 rings (SSSR count). The van der Waals surface area contributed by atoms with Gasteiger partial charge in [-0.1, -0.05) is 41.9 Å². The van der Waals surface area contributed by atoms with E-state index in [0.717, 1.165) is 5.56 Å². The number of carbonyl (C=O) groups is 3. The summed E-state index contributed by atoms with van der Waals surface area (Å²) >= 11 is 6.90. The van der Waals surface area contributed by atoms with Gasteiger partial charge in [0.1, 0.15) is 16.9 Å². The third-order valence-electron chi connectivity index (χ3n) is 7.78. The Morgan fingerprint density at radius 1 is 1.05 bits per heavy atom. The molecule has 2 aromatic rings. The van der Waals surface area contributed by atoms with Crippen LogP contribution in [-0.4, -0.2) is 74.4 Å². The van der Waals surface area contributed by atoms with Gasteiger partial charge in [-0.15, -0.1) is 0 Å². The Balaban J connectivity index is 1.99. The van der Waals surface area contributed by atoms with Gasteiger partial charge in [0.15, 0.2) is 11.5 Å². The van der Waals surface area contributed by atoms with Crippen molar-refractivity contribution >= 4 is 29.4 Å². The van der Waals surface area contributed by atoms with Crippen LogP contribution in [0.25, 0.3) is 0 Å². The number of carbonyl (C=O) groups excluding carboxylic acids is 3. The number of benzene rings is 2. The van der Waals surface area contributed by atoms with E-state index in [0.29, 0.717) is 37.4 Å². The van der Waals surface area contributed by atoms with Crippen LogP contribution in [0.2, 0.25) is 5.02 Å². The summed E-state index contributed by atoms with van der Waals surface area (Å²) < 4.78 is 28.6. The number of esters is 1. The van der Waals surface area contributed by atoms with Crippen molar-refractivity contribution in [3.8, 4) is 11.5 Å². The van der Waals surface area contributed by atoms with Gasteiger partial charge >= 0.3 is 12.0 Å². The van der Waals surface area contributed by atoms with Crippen molar-refractivity contribution in [2.24, 2.45) is 0 Å². The van der Waals surface area contributed by atoms with Crippen LogP contribution in [0.5, 0.6) is 11.5 Å². The Kier molecular flexibility index (Phi) is 12.9. The van der Waals surface area contributed by atoms with Crippen molar-refractivity contribution in [1.29, 1.82) is 0 Å². The summed E-state index contributed by atoms with van der Waals surface area (Å²) in [5.41, 5.74) is 0.537. The summed E-state index contributed by atoms with van der Waals surface area (Å²) in [6, 6.07) is 10.3. The Morgan fingerprint density at radius 3 is 2.27 bits per heavy atom. The minimum absolute atomic E-state index is 0.162. The van der Waals surface area contributed by atoms with E-state index in [-0.39, 0.29) is 54.1 Å². The van der Waals surface area contributed by atoms with Gasteiger partial charge in [-0.25, -0.2) is 9.59 Å². The molecule has 1 saturated carbocycles.